The maximum Gasteiger partial charge on any atom is 0.246 e. The number of nitrogens with one attached hydrogen (secondary N) is 1. The second-order valence-electron chi connectivity index (χ2n) is 6.92. The molecule has 0 bridgehead atoms. The van der Waals surface area contributed by atoms with E-state index in [0.717, 1.165) is 45.1 Å². The third-order valence-corrected chi connectivity index (χ3v) is 5.42. The average Bonchev–Trinajstić information content (AvgIpc) is 3.31. The standard InChI is InChI=1S/C15H22N2O2/c18-13-12(11-5-6-11)16-14(19)15(7-1-2-8-15)17(13)9-10-3-4-10/h10-12H,1-9H2,(H,16,19). The zero-order valence-electron chi connectivity index (χ0n) is 11.4. The molecular weight excluding hydrogens is 240 g/mol. The van der Waals surface area contributed by atoms with Gasteiger partial charge in [0.15, 0.2) is 0 Å². The van der Waals surface area contributed by atoms with Gasteiger partial charge < -0.3 is 10.2 Å². The van der Waals surface area contributed by atoms with Gasteiger partial charge >= 0.3 is 0 Å². The molecular formula is C15H22N2O2. The Labute approximate surface area is 113 Å². The minimum absolute atomic E-state index is 0.141. The fraction of sp³-hybridized carbons (Fsp3) is 0.867. The first kappa shape index (κ1) is 11.7. The van der Waals surface area contributed by atoms with Crippen LogP contribution in [0.1, 0.15) is 51.4 Å². The molecule has 19 heavy (non-hydrogen) atoms. The van der Waals surface area contributed by atoms with E-state index in [1.54, 1.807) is 0 Å². The molecule has 0 aromatic carbocycles. The fourth-order valence-corrected chi connectivity index (χ4v) is 3.87. The van der Waals surface area contributed by atoms with Crippen molar-refractivity contribution in [2.75, 3.05) is 6.54 Å². The Morgan fingerprint density at radius 1 is 1.11 bits per heavy atom. The third kappa shape index (κ3) is 1.79. The molecule has 1 unspecified atom stereocenters. The van der Waals surface area contributed by atoms with Crippen LogP contribution >= 0.6 is 0 Å². The highest BCUT2D eigenvalue weighted by molar-refractivity contribution is 6.00. The lowest BCUT2D eigenvalue weighted by Gasteiger charge is -2.46. The van der Waals surface area contributed by atoms with Gasteiger partial charge in [-0.2, -0.15) is 0 Å². The van der Waals surface area contributed by atoms with Gasteiger partial charge in [0.1, 0.15) is 11.6 Å². The number of nitrogens with zero attached hydrogens (tertiary/aromatic N) is 1. The number of hydrogen-bond donors (Lipinski definition) is 1. The van der Waals surface area contributed by atoms with E-state index in [9.17, 15) is 9.59 Å². The zero-order valence-corrected chi connectivity index (χ0v) is 11.4. The van der Waals surface area contributed by atoms with Crippen molar-refractivity contribution in [2.24, 2.45) is 11.8 Å². The highest BCUT2D eigenvalue weighted by Crippen LogP contribution is 2.44. The quantitative estimate of drug-likeness (QED) is 0.837. The lowest BCUT2D eigenvalue weighted by Crippen LogP contribution is -2.70. The van der Waals surface area contributed by atoms with E-state index in [4.69, 9.17) is 0 Å². The van der Waals surface area contributed by atoms with Crippen molar-refractivity contribution in [1.82, 2.24) is 10.2 Å². The van der Waals surface area contributed by atoms with Gasteiger partial charge in [-0.25, -0.2) is 0 Å². The summed E-state index contributed by atoms with van der Waals surface area (Å²) in [6.45, 7) is 0.829. The van der Waals surface area contributed by atoms with Crippen LogP contribution in [-0.2, 0) is 9.59 Å². The van der Waals surface area contributed by atoms with Gasteiger partial charge in [0.25, 0.3) is 0 Å². The van der Waals surface area contributed by atoms with Crippen LogP contribution in [-0.4, -0.2) is 34.8 Å². The van der Waals surface area contributed by atoms with Crippen LogP contribution in [0.3, 0.4) is 0 Å². The molecule has 0 radical (unpaired) electrons. The van der Waals surface area contributed by atoms with Crippen LogP contribution in [0.2, 0.25) is 0 Å². The van der Waals surface area contributed by atoms with E-state index in [0.29, 0.717) is 11.8 Å². The highest BCUT2D eigenvalue weighted by Gasteiger charge is 2.56. The Hall–Kier alpha value is -1.06. The molecule has 1 atom stereocenters. The van der Waals surface area contributed by atoms with Crippen molar-refractivity contribution < 1.29 is 9.59 Å². The first-order valence-corrected chi connectivity index (χ1v) is 7.83. The molecule has 1 N–H and O–H groups in total. The van der Waals surface area contributed by atoms with Crippen LogP contribution < -0.4 is 5.32 Å². The Morgan fingerprint density at radius 3 is 2.37 bits per heavy atom. The molecule has 4 fully saturated rings. The van der Waals surface area contributed by atoms with Gasteiger partial charge in [-0.05, 0) is 50.4 Å². The second-order valence-corrected chi connectivity index (χ2v) is 6.92. The van der Waals surface area contributed by atoms with Gasteiger partial charge in [-0.3, -0.25) is 9.59 Å². The Bertz CT molecular complexity index is 420. The third-order valence-electron chi connectivity index (χ3n) is 5.42. The summed E-state index contributed by atoms with van der Waals surface area (Å²) >= 11 is 0. The predicted octanol–water partition coefficient (Wildman–Crippen LogP) is 1.45. The summed E-state index contributed by atoms with van der Waals surface area (Å²) < 4.78 is 0. The van der Waals surface area contributed by atoms with E-state index in [2.05, 4.69) is 5.32 Å². The number of carbonyl (C=O) groups is 2. The van der Waals surface area contributed by atoms with Crippen molar-refractivity contribution in [1.29, 1.82) is 0 Å². The lowest BCUT2D eigenvalue weighted by atomic mass is 9.88. The first-order valence-electron chi connectivity index (χ1n) is 7.83. The highest BCUT2D eigenvalue weighted by atomic mass is 16.2. The number of amides is 2. The van der Waals surface area contributed by atoms with Gasteiger partial charge in [0, 0.05) is 6.54 Å². The molecule has 3 saturated carbocycles. The molecule has 104 valence electrons. The van der Waals surface area contributed by atoms with Crippen molar-refractivity contribution in [3.8, 4) is 0 Å². The van der Waals surface area contributed by atoms with E-state index in [-0.39, 0.29) is 17.9 Å². The van der Waals surface area contributed by atoms with Gasteiger partial charge in [0.2, 0.25) is 11.8 Å². The van der Waals surface area contributed by atoms with Gasteiger partial charge in [-0.15, -0.1) is 0 Å². The molecule has 1 saturated heterocycles. The van der Waals surface area contributed by atoms with Gasteiger partial charge in [-0.1, -0.05) is 12.8 Å². The van der Waals surface area contributed by atoms with Crippen molar-refractivity contribution >= 4 is 11.8 Å². The molecule has 1 aliphatic heterocycles. The van der Waals surface area contributed by atoms with E-state index in [1.807, 2.05) is 4.90 Å². The summed E-state index contributed by atoms with van der Waals surface area (Å²) in [7, 11) is 0. The summed E-state index contributed by atoms with van der Waals surface area (Å²) in [5, 5.41) is 3.05. The lowest BCUT2D eigenvalue weighted by molar-refractivity contribution is -0.158. The predicted molar refractivity (Wildman–Crippen MR) is 70.3 cm³/mol. The number of carbonyl (C=O) groups excluding carboxylic acids is 2. The maximum absolute atomic E-state index is 12.8. The minimum Gasteiger partial charge on any atom is -0.342 e. The van der Waals surface area contributed by atoms with Crippen LogP contribution in [0.15, 0.2) is 0 Å². The maximum atomic E-state index is 12.8. The van der Waals surface area contributed by atoms with Crippen LogP contribution in [0.5, 0.6) is 0 Å². The monoisotopic (exact) mass is 262 g/mol. The summed E-state index contributed by atoms with van der Waals surface area (Å²) in [6.07, 6.45) is 8.56. The normalized spacial score (nSPS) is 33.9. The summed E-state index contributed by atoms with van der Waals surface area (Å²) in [5.41, 5.74) is -0.481. The molecule has 4 heteroatoms. The molecule has 0 aromatic rings. The summed E-state index contributed by atoms with van der Waals surface area (Å²) in [5.74, 6) is 1.43. The summed E-state index contributed by atoms with van der Waals surface area (Å²) in [6, 6.07) is -0.211. The fourth-order valence-electron chi connectivity index (χ4n) is 3.87. The molecule has 4 aliphatic rings. The largest absolute Gasteiger partial charge is 0.342 e. The van der Waals surface area contributed by atoms with Gasteiger partial charge in [0.05, 0.1) is 0 Å². The Kier molecular flexibility index (Phi) is 2.45. The second kappa shape index (κ2) is 3.97. The number of piperazine rings is 1. The van der Waals surface area contributed by atoms with Crippen molar-refractivity contribution in [3.63, 3.8) is 0 Å². The molecule has 3 aliphatic carbocycles. The molecule has 1 heterocycles. The SMILES string of the molecule is O=C1C(C2CC2)NC(=O)C2(CCCC2)N1CC1CC1. The molecule has 4 rings (SSSR count). The Balaban J connectivity index is 1.64. The van der Waals surface area contributed by atoms with Crippen LogP contribution in [0.4, 0.5) is 0 Å². The van der Waals surface area contributed by atoms with E-state index >= 15 is 0 Å². The molecule has 0 aromatic heterocycles. The molecule has 1 spiro atoms. The Morgan fingerprint density at radius 2 is 1.79 bits per heavy atom. The minimum atomic E-state index is -0.481. The van der Waals surface area contributed by atoms with E-state index in [1.165, 1.54) is 12.8 Å². The smallest absolute Gasteiger partial charge is 0.246 e. The van der Waals surface area contributed by atoms with Crippen molar-refractivity contribution in [3.05, 3.63) is 0 Å². The van der Waals surface area contributed by atoms with Crippen LogP contribution in [0, 0.1) is 11.8 Å². The topological polar surface area (TPSA) is 49.4 Å². The number of hydrogen-bond acceptors (Lipinski definition) is 2. The molecule has 4 nitrogen and oxygen atoms in total. The van der Waals surface area contributed by atoms with Crippen LogP contribution in [0.25, 0.3) is 0 Å². The summed E-state index contributed by atoms with van der Waals surface area (Å²) in [4.78, 5) is 27.4. The van der Waals surface area contributed by atoms with Crippen molar-refractivity contribution in [2.45, 2.75) is 62.9 Å². The average molecular weight is 262 g/mol. The molecule has 2 amide bonds. The number of rotatable bonds is 3. The first-order chi connectivity index (χ1) is 9.21. The van der Waals surface area contributed by atoms with E-state index < -0.39 is 5.54 Å². The zero-order chi connectivity index (χ0) is 13.0.